The second-order valence-corrected chi connectivity index (χ2v) is 4.42. The van der Waals surface area contributed by atoms with Crippen LogP contribution in [0.15, 0.2) is 54.1 Å². The third-order valence-corrected chi connectivity index (χ3v) is 3.07. The highest BCUT2D eigenvalue weighted by molar-refractivity contribution is 5.90. The maximum absolute atomic E-state index is 13.8. The van der Waals surface area contributed by atoms with Crippen LogP contribution in [0.2, 0.25) is 0 Å². The fourth-order valence-corrected chi connectivity index (χ4v) is 2.03. The molecule has 0 aliphatic heterocycles. The molecule has 0 saturated carbocycles. The van der Waals surface area contributed by atoms with Gasteiger partial charge in [-0.05, 0) is 17.7 Å². The summed E-state index contributed by atoms with van der Waals surface area (Å²) in [4.78, 5) is 11.1. The van der Waals surface area contributed by atoms with Crippen LogP contribution in [0.1, 0.15) is 11.5 Å². The molecule has 1 aliphatic carbocycles. The van der Waals surface area contributed by atoms with Crippen LogP contribution in [0.3, 0.4) is 0 Å². The molecular weight excluding hydrogens is 276 g/mol. The Morgan fingerprint density at radius 3 is 2.30 bits per heavy atom. The number of carbonyl (C=O) groups is 1. The van der Waals surface area contributed by atoms with Gasteiger partial charge in [-0.2, -0.15) is 13.2 Å². The van der Waals surface area contributed by atoms with Crippen molar-refractivity contribution >= 4 is 5.97 Å². The van der Waals surface area contributed by atoms with Gasteiger partial charge in [-0.1, -0.05) is 36.4 Å². The molecule has 0 radical (unpaired) electrons. The predicted octanol–water partition coefficient (Wildman–Crippen LogP) is 3.62. The van der Waals surface area contributed by atoms with Crippen LogP contribution in [0, 0.1) is 0 Å². The summed E-state index contributed by atoms with van der Waals surface area (Å²) in [5, 5.41) is 9.03. The number of carboxylic acid groups (broad SMARTS) is 1. The minimum atomic E-state index is -5.19. The Hall–Kier alpha value is -2.11. The number of hydrogen-bond acceptors (Lipinski definition) is 1. The lowest BCUT2D eigenvalue weighted by atomic mass is 9.82. The van der Waals surface area contributed by atoms with Crippen molar-refractivity contribution in [2.45, 2.75) is 17.8 Å². The van der Waals surface area contributed by atoms with Crippen LogP contribution in [0.25, 0.3) is 0 Å². The van der Waals surface area contributed by atoms with Gasteiger partial charge < -0.3 is 5.11 Å². The molecule has 2 unspecified atom stereocenters. The Kier molecular flexibility index (Phi) is 3.41. The van der Waals surface area contributed by atoms with Crippen molar-refractivity contribution in [3.05, 3.63) is 59.7 Å². The molecule has 0 heterocycles. The lowest BCUT2D eigenvalue weighted by Crippen LogP contribution is -2.39. The zero-order valence-corrected chi connectivity index (χ0v) is 10.1. The second kappa shape index (κ2) is 4.77. The first-order valence-corrected chi connectivity index (χ1v) is 5.70. The van der Waals surface area contributed by atoms with Crippen molar-refractivity contribution < 1.29 is 27.5 Å². The number of hydrogen-bond donors (Lipinski definition) is 1. The van der Waals surface area contributed by atoms with E-state index in [1.807, 2.05) is 0 Å². The van der Waals surface area contributed by atoms with Gasteiger partial charge in [0.25, 0.3) is 0 Å². The Labute approximate surface area is 112 Å². The number of allylic oxidation sites excluding steroid dienone is 3. The lowest BCUT2D eigenvalue weighted by molar-refractivity contribution is -0.195. The van der Waals surface area contributed by atoms with Gasteiger partial charge in [0, 0.05) is 11.5 Å². The molecule has 0 amide bonds. The minimum absolute atomic E-state index is 0.132. The van der Waals surface area contributed by atoms with E-state index >= 15 is 0 Å². The Bertz CT molecular complexity index is 575. The fourth-order valence-electron chi connectivity index (χ4n) is 2.03. The topological polar surface area (TPSA) is 37.3 Å². The van der Waals surface area contributed by atoms with Crippen LogP contribution in [-0.4, -0.2) is 22.9 Å². The number of aliphatic carboxylic acids is 1. The number of halogens is 4. The van der Waals surface area contributed by atoms with Crippen LogP contribution in [0.5, 0.6) is 0 Å². The Morgan fingerprint density at radius 1 is 1.20 bits per heavy atom. The summed E-state index contributed by atoms with van der Waals surface area (Å²) in [7, 11) is 0. The van der Waals surface area contributed by atoms with Gasteiger partial charge in [0.1, 0.15) is 0 Å². The summed E-state index contributed by atoms with van der Waals surface area (Å²) in [6.45, 7) is 0. The van der Waals surface area contributed by atoms with Gasteiger partial charge in [0.2, 0.25) is 5.67 Å². The largest absolute Gasteiger partial charge is 0.478 e. The number of benzene rings is 1. The highest BCUT2D eigenvalue weighted by Gasteiger charge is 2.54. The first-order valence-electron chi connectivity index (χ1n) is 5.70. The van der Waals surface area contributed by atoms with E-state index in [4.69, 9.17) is 5.11 Å². The van der Waals surface area contributed by atoms with E-state index in [9.17, 15) is 22.4 Å². The zero-order valence-electron chi connectivity index (χ0n) is 10.1. The first kappa shape index (κ1) is 14.3. The normalized spacial score (nSPS) is 26.2. The molecule has 1 N–H and O–H groups in total. The van der Waals surface area contributed by atoms with Gasteiger partial charge in [-0.3, -0.25) is 0 Å². The van der Waals surface area contributed by atoms with E-state index < -0.39 is 29.3 Å². The van der Waals surface area contributed by atoms with E-state index in [2.05, 4.69) is 0 Å². The summed E-state index contributed by atoms with van der Waals surface area (Å²) in [6, 6.07) is 8.10. The lowest BCUT2D eigenvalue weighted by Gasteiger charge is -2.28. The first-order chi connectivity index (χ1) is 9.24. The zero-order chi connectivity index (χ0) is 15.0. The SMILES string of the molecule is O=C(O)C1=CC(F)(C(F)(F)F)C=CC1c1ccccc1. The van der Waals surface area contributed by atoms with Crippen molar-refractivity contribution in [1.29, 1.82) is 0 Å². The van der Waals surface area contributed by atoms with Gasteiger partial charge in [0.15, 0.2) is 0 Å². The second-order valence-electron chi connectivity index (χ2n) is 4.42. The van der Waals surface area contributed by atoms with Crippen molar-refractivity contribution in [3.63, 3.8) is 0 Å². The predicted molar refractivity (Wildman–Crippen MR) is 63.9 cm³/mol. The van der Waals surface area contributed by atoms with Crippen molar-refractivity contribution in [1.82, 2.24) is 0 Å². The van der Waals surface area contributed by atoms with Crippen molar-refractivity contribution in [2.24, 2.45) is 0 Å². The monoisotopic (exact) mass is 286 g/mol. The van der Waals surface area contributed by atoms with Crippen LogP contribution in [-0.2, 0) is 4.79 Å². The highest BCUT2D eigenvalue weighted by atomic mass is 19.4. The van der Waals surface area contributed by atoms with Gasteiger partial charge in [-0.15, -0.1) is 0 Å². The number of carboxylic acids is 1. The fraction of sp³-hybridized carbons (Fsp3) is 0.214. The molecule has 0 fully saturated rings. The highest BCUT2D eigenvalue weighted by Crippen LogP contribution is 2.43. The third kappa shape index (κ3) is 2.45. The van der Waals surface area contributed by atoms with Gasteiger partial charge in [0.05, 0.1) is 0 Å². The molecule has 1 aliphatic rings. The van der Waals surface area contributed by atoms with Crippen LogP contribution >= 0.6 is 0 Å². The molecule has 2 nitrogen and oxygen atoms in total. The smallest absolute Gasteiger partial charge is 0.429 e. The van der Waals surface area contributed by atoms with Crippen LogP contribution in [0.4, 0.5) is 17.6 Å². The van der Waals surface area contributed by atoms with Crippen LogP contribution < -0.4 is 0 Å². The Balaban J connectivity index is 2.48. The molecule has 106 valence electrons. The summed E-state index contributed by atoms with van der Waals surface area (Å²) in [5.41, 5.74) is -3.88. The summed E-state index contributed by atoms with van der Waals surface area (Å²) >= 11 is 0. The quantitative estimate of drug-likeness (QED) is 0.666. The average molecular weight is 286 g/mol. The minimum Gasteiger partial charge on any atom is -0.478 e. The third-order valence-electron chi connectivity index (χ3n) is 3.07. The van der Waals surface area contributed by atoms with Crippen molar-refractivity contribution in [3.8, 4) is 0 Å². The van der Waals surface area contributed by atoms with E-state index in [0.29, 0.717) is 11.6 Å². The summed E-state index contributed by atoms with van der Waals surface area (Å²) in [6.07, 6.45) is -3.76. The maximum atomic E-state index is 13.8. The van der Waals surface area contributed by atoms with E-state index in [1.165, 1.54) is 0 Å². The molecule has 2 atom stereocenters. The maximum Gasteiger partial charge on any atom is 0.429 e. The van der Waals surface area contributed by atoms with E-state index in [0.717, 1.165) is 6.08 Å². The number of rotatable bonds is 2. The molecule has 20 heavy (non-hydrogen) atoms. The van der Waals surface area contributed by atoms with Crippen molar-refractivity contribution in [2.75, 3.05) is 0 Å². The molecule has 0 bridgehead atoms. The summed E-state index contributed by atoms with van der Waals surface area (Å²) < 4.78 is 51.7. The molecule has 0 aromatic heterocycles. The van der Waals surface area contributed by atoms with E-state index in [1.54, 1.807) is 30.3 Å². The summed E-state index contributed by atoms with van der Waals surface area (Å²) in [5.74, 6) is -2.48. The molecule has 6 heteroatoms. The van der Waals surface area contributed by atoms with Gasteiger partial charge >= 0.3 is 12.1 Å². The van der Waals surface area contributed by atoms with Gasteiger partial charge in [-0.25, -0.2) is 9.18 Å². The molecular formula is C14H10F4O2. The molecule has 1 aromatic rings. The molecule has 1 aromatic carbocycles. The number of alkyl halides is 4. The molecule has 0 spiro atoms. The standard InChI is InChI=1S/C14H10F4O2/c15-13(14(16,17)18)7-6-10(11(8-13)12(19)20)9-4-2-1-3-5-9/h1-8,10H,(H,19,20). The molecule has 2 rings (SSSR count). The van der Waals surface area contributed by atoms with E-state index in [-0.39, 0.29) is 6.08 Å². The molecule has 0 saturated heterocycles. The Morgan fingerprint density at radius 2 is 1.80 bits per heavy atom. The average Bonchev–Trinajstić information content (AvgIpc) is 2.38.